The zero-order valence-corrected chi connectivity index (χ0v) is 20.9. The number of esters is 1. The summed E-state index contributed by atoms with van der Waals surface area (Å²) < 4.78 is 7.49. The number of fused-ring (bicyclic) bond motifs is 1. The normalized spacial score (nSPS) is 15.4. The Bertz CT molecular complexity index is 1690. The first-order valence-electron chi connectivity index (χ1n) is 11.9. The van der Waals surface area contributed by atoms with Crippen LogP contribution in [0, 0.1) is 0 Å². The molecule has 3 aromatic carbocycles. The summed E-state index contributed by atoms with van der Waals surface area (Å²) in [6.07, 6.45) is 1.75. The van der Waals surface area contributed by atoms with Gasteiger partial charge in [-0.3, -0.25) is 14.2 Å². The monoisotopic (exact) mass is 508 g/mol. The molecule has 0 amide bonds. The summed E-state index contributed by atoms with van der Waals surface area (Å²) in [6, 6.07) is 27.3. The first kappa shape index (κ1) is 24.2. The Kier molecular flexibility index (Phi) is 6.70. The highest BCUT2D eigenvalue weighted by atomic mass is 32.1. The molecule has 1 aliphatic rings. The van der Waals surface area contributed by atoms with Gasteiger partial charge in [0.05, 0.1) is 28.2 Å². The number of rotatable bonds is 6. The molecule has 0 saturated carbocycles. The number of nitrogens with zero attached hydrogens (tertiary/aromatic N) is 1. The third-order valence-corrected chi connectivity index (χ3v) is 7.26. The van der Waals surface area contributed by atoms with Crippen molar-refractivity contribution in [2.45, 2.75) is 12.8 Å². The van der Waals surface area contributed by atoms with Crippen molar-refractivity contribution in [1.82, 2.24) is 4.57 Å². The van der Waals surface area contributed by atoms with E-state index < -0.39 is 17.4 Å². The number of ether oxygens (including phenoxy) is 1. The average Bonchev–Trinajstić information content (AvgIpc) is 3.25. The van der Waals surface area contributed by atoms with Gasteiger partial charge in [-0.05, 0) is 24.1 Å². The van der Waals surface area contributed by atoms with E-state index >= 15 is 0 Å². The number of ketones is 1. The maximum absolute atomic E-state index is 13.9. The Morgan fingerprint density at radius 1 is 0.919 bits per heavy atom. The van der Waals surface area contributed by atoms with E-state index in [1.165, 1.54) is 4.57 Å². The highest BCUT2D eigenvalue weighted by molar-refractivity contribution is 7.07. The Labute approximate surface area is 217 Å². The van der Waals surface area contributed by atoms with Crippen LogP contribution < -0.4 is 20.5 Å². The second-order valence-corrected chi connectivity index (χ2v) is 9.47. The number of benzene rings is 3. The van der Waals surface area contributed by atoms with Gasteiger partial charge in [-0.15, -0.1) is 11.3 Å². The summed E-state index contributed by atoms with van der Waals surface area (Å²) in [5.41, 5.74) is 8.58. The van der Waals surface area contributed by atoms with E-state index in [2.05, 4.69) is 0 Å². The minimum absolute atomic E-state index is 0.0136. The molecule has 0 radical (unpaired) electrons. The van der Waals surface area contributed by atoms with E-state index in [0.29, 0.717) is 20.3 Å². The topological polar surface area (TPSA) is 91.4 Å². The Hall–Kier alpha value is -4.49. The van der Waals surface area contributed by atoms with Crippen molar-refractivity contribution >= 4 is 40.6 Å². The summed E-state index contributed by atoms with van der Waals surface area (Å²) in [5.74, 6) is -1.75. The number of hydrogen-bond acceptors (Lipinski definition) is 6. The molecule has 0 aliphatic carbocycles. The van der Waals surface area contributed by atoms with E-state index in [1.807, 2.05) is 66.7 Å². The zero-order chi connectivity index (χ0) is 25.9. The summed E-state index contributed by atoms with van der Waals surface area (Å²) in [6.45, 7) is 1.86. The molecule has 1 aromatic heterocycles. The van der Waals surface area contributed by atoms with Gasteiger partial charge in [0, 0.05) is 5.56 Å². The lowest BCUT2D eigenvalue weighted by molar-refractivity contribution is -0.136. The third-order valence-electron chi connectivity index (χ3n) is 6.15. The second kappa shape index (κ2) is 10.2. The molecule has 0 fully saturated rings. The van der Waals surface area contributed by atoms with Crippen LogP contribution >= 0.6 is 11.3 Å². The van der Waals surface area contributed by atoms with Crippen molar-refractivity contribution in [2.24, 2.45) is 5.73 Å². The fourth-order valence-corrected chi connectivity index (χ4v) is 5.67. The molecule has 0 spiro atoms. The molecule has 1 aliphatic heterocycles. The molecule has 37 heavy (non-hydrogen) atoms. The van der Waals surface area contributed by atoms with E-state index in [0.717, 1.165) is 16.9 Å². The van der Waals surface area contributed by atoms with Crippen molar-refractivity contribution in [3.05, 3.63) is 133 Å². The first-order valence-corrected chi connectivity index (χ1v) is 12.7. The van der Waals surface area contributed by atoms with Crippen LogP contribution in [0.2, 0.25) is 0 Å². The van der Waals surface area contributed by atoms with Gasteiger partial charge in [-0.25, -0.2) is 4.79 Å². The van der Waals surface area contributed by atoms with Crippen LogP contribution in [0.15, 0.2) is 101 Å². The molecule has 2 heterocycles. The summed E-state index contributed by atoms with van der Waals surface area (Å²) in [4.78, 5) is 41.1. The maximum Gasteiger partial charge on any atom is 0.337 e. The maximum atomic E-state index is 13.9. The number of nitrogens with two attached hydrogens (primary N) is 1. The van der Waals surface area contributed by atoms with Gasteiger partial charge in [-0.1, -0.05) is 91.0 Å². The number of carbonyl (C=O) groups is 2. The molecule has 5 rings (SSSR count). The predicted octanol–water partition coefficient (Wildman–Crippen LogP) is 3.26. The quantitative estimate of drug-likeness (QED) is 0.319. The van der Waals surface area contributed by atoms with Crippen molar-refractivity contribution in [3.63, 3.8) is 0 Å². The second-order valence-electron chi connectivity index (χ2n) is 8.44. The van der Waals surface area contributed by atoms with E-state index in [1.54, 1.807) is 37.3 Å². The third kappa shape index (κ3) is 4.45. The summed E-state index contributed by atoms with van der Waals surface area (Å²) in [7, 11) is 0. The molecule has 6 nitrogen and oxygen atoms in total. The summed E-state index contributed by atoms with van der Waals surface area (Å²) in [5, 5.41) is 0. The van der Waals surface area contributed by atoms with Crippen LogP contribution in [0.4, 0.5) is 0 Å². The fraction of sp³-hybridized carbons (Fsp3) is 0.100. The van der Waals surface area contributed by atoms with Gasteiger partial charge >= 0.3 is 5.97 Å². The Morgan fingerprint density at radius 3 is 2.14 bits per heavy atom. The highest BCUT2D eigenvalue weighted by Gasteiger charge is 2.39. The van der Waals surface area contributed by atoms with Crippen molar-refractivity contribution in [3.8, 4) is 0 Å². The number of aromatic nitrogens is 1. The lowest BCUT2D eigenvalue weighted by Crippen LogP contribution is -2.41. The van der Waals surface area contributed by atoms with Crippen LogP contribution in [-0.4, -0.2) is 22.9 Å². The lowest BCUT2D eigenvalue weighted by Gasteiger charge is -2.27. The molecule has 4 aromatic rings. The number of allylic oxidation sites excluding steroid dienone is 1. The van der Waals surface area contributed by atoms with E-state index in [-0.39, 0.29) is 29.4 Å². The number of Topliss-reactive ketones (excluding diaryl/α,β-unsaturated/α-hetero) is 1. The van der Waals surface area contributed by atoms with Gasteiger partial charge in [-0.2, -0.15) is 0 Å². The van der Waals surface area contributed by atoms with Crippen LogP contribution in [-0.2, 0) is 9.53 Å². The zero-order valence-electron chi connectivity index (χ0n) is 20.1. The van der Waals surface area contributed by atoms with Crippen molar-refractivity contribution in [1.29, 1.82) is 0 Å². The molecule has 7 heteroatoms. The predicted molar refractivity (Wildman–Crippen MR) is 145 cm³/mol. The molecule has 0 bridgehead atoms. The SMILES string of the molecule is CCOC(=O)C1=c2s/c(=C/c3ccccc3)c(=O)n2C(N)=C(C(=O)c2ccccc2)[C@@H]1c1ccccc1. The molecule has 0 unspecified atom stereocenters. The smallest absolute Gasteiger partial charge is 0.337 e. The van der Waals surface area contributed by atoms with Gasteiger partial charge < -0.3 is 10.5 Å². The van der Waals surface area contributed by atoms with Gasteiger partial charge in [0.15, 0.2) is 5.78 Å². The largest absolute Gasteiger partial charge is 0.463 e. The molecular weight excluding hydrogens is 484 g/mol. The Balaban J connectivity index is 1.88. The molecule has 0 saturated heterocycles. The standard InChI is InChI=1S/C30H24N2O4S/c1-2-36-30(35)25-23(20-14-8-4-9-15-20)24(26(33)21-16-10-5-11-17-21)27(31)32-28(34)22(37-29(25)32)18-19-12-6-3-7-13-19/h3-18,23H,2,31H2,1H3/b22-18+/t23-/m0/s1. The molecular formula is C30H24N2O4S. The average molecular weight is 509 g/mol. The number of hydrogen-bond donors (Lipinski definition) is 1. The minimum Gasteiger partial charge on any atom is -0.463 e. The molecule has 1 atom stereocenters. The number of thiazole rings is 1. The summed E-state index contributed by atoms with van der Waals surface area (Å²) >= 11 is 1.16. The van der Waals surface area contributed by atoms with E-state index in [4.69, 9.17) is 10.5 Å². The van der Waals surface area contributed by atoms with Gasteiger partial charge in [0.2, 0.25) is 0 Å². The number of carbonyl (C=O) groups excluding carboxylic acids is 2. The van der Waals surface area contributed by atoms with Crippen molar-refractivity contribution in [2.75, 3.05) is 6.61 Å². The van der Waals surface area contributed by atoms with Gasteiger partial charge in [0.25, 0.3) is 5.56 Å². The molecule has 184 valence electrons. The molecule has 2 N–H and O–H groups in total. The van der Waals surface area contributed by atoms with Crippen LogP contribution in [0.1, 0.15) is 34.3 Å². The van der Waals surface area contributed by atoms with E-state index in [9.17, 15) is 14.4 Å². The highest BCUT2D eigenvalue weighted by Crippen LogP contribution is 2.38. The van der Waals surface area contributed by atoms with Crippen LogP contribution in [0.3, 0.4) is 0 Å². The fourth-order valence-electron chi connectivity index (χ4n) is 4.50. The first-order chi connectivity index (χ1) is 18.0. The Morgan fingerprint density at radius 2 is 1.51 bits per heavy atom. The van der Waals surface area contributed by atoms with Crippen LogP contribution in [0.25, 0.3) is 17.5 Å². The minimum atomic E-state index is -0.810. The van der Waals surface area contributed by atoms with Crippen LogP contribution in [0.5, 0.6) is 0 Å². The lowest BCUT2D eigenvalue weighted by atomic mass is 9.80. The van der Waals surface area contributed by atoms with Gasteiger partial charge in [0.1, 0.15) is 10.5 Å². The van der Waals surface area contributed by atoms with Crippen molar-refractivity contribution < 1.29 is 14.3 Å².